The quantitative estimate of drug-likeness (QED) is 0.406. The molecule has 0 aromatic rings. The van der Waals surface area contributed by atoms with Crippen LogP contribution in [-0.4, -0.2) is 23.5 Å². The number of allylic oxidation sites excluding steroid dienone is 1. The average molecular weight is 339 g/mol. The SMILES string of the molecule is CO[SiH](C=CCCCC(C1CCCCC1)C1CCCCC1)OC. The van der Waals surface area contributed by atoms with Gasteiger partial charge in [0.25, 0.3) is 0 Å². The molecule has 2 rings (SSSR count). The fourth-order valence-corrected chi connectivity index (χ4v) is 5.83. The van der Waals surface area contributed by atoms with E-state index in [4.69, 9.17) is 8.85 Å². The van der Waals surface area contributed by atoms with E-state index in [1.54, 1.807) is 14.2 Å². The zero-order valence-corrected chi connectivity index (χ0v) is 16.6. The van der Waals surface area contributed by atoms with Crippen molar-refractivity contribution in [2.75, 3.05) is 14.2 Å². The summed E-state index contributed by atoms with van der Waals surface area (Å²) < 4.78 is 10.7. The van der Waals surface area contributed by atoms with E-state index in [1.807, 2.05) is 0 Å². The van der Waals surface area contributed by atoms with Crippen molar-refractivity contribution in [2.45, 2.75) is 83.5 Å². The molecule has 0 atom stereocenters. The van der Waals surface area contributed by atoms with Gasteiger partial charge in [0, 0.05) is 14.2 Å². The highest BCUT2D eigenvalue weighted by atomic mass is 28.3. The molecule has 0 heterocycles. The van der Waals surface area contributed by atoms with Gasteiger partial charge in [-0.3, -0.25) is 0 Å². The summed E-state index contributed by atoms with van der Waals surface area (Å²) >= 11 is 0. The maximum Gasteiger partial charge on any atom is 0.347 e. The summed E-state index contributed by atoms with van der Waals surface area (Å²) in [4.78, 5) is 0. The third-order valence-electron chi connectivity index (χ3n) is 6.18. The van der Waals surface area contributed by atoms with Crippen molar-refractivity contribution in [2.24, 2.45) is 17.8 Å². The molecule has 2 fully saturated rings. The molecule has 3 heteroatoms. The smallest absolute Gasteiger partial charge is 0.347 e. The fraction of sp³-hybridized carbons (Fsp3) is 0.900. The minimum Gasteiger partial charge on any atom is -0.397 e. The second kappa shape index (κ2) is 11.4. The number of hydrogen-bond donors (Lipinski definition) is 0. The topological polar surface area (TPSA) is 18.5 Å². The molecule has 2 nitrogen and oxygen atoms in total. The first-order valence-corrected chi connectivity index (χ1v) is 11.7. The minimum absolute atomic E-state index is 1.02. The Hall–Kier alpha value is -0.123. The van der Waals surface area contributed by atoms with E-state index < -0.39 is 9.28 Å². The fourth-order valence-electron chi connectivity index (χ4n) is 4.91. The number of unbranched alkanes of at least 4 members (excludes halogenated alkanes) is 1. The van der Waals surface area contributed by atoms with Crippen molar-refractivity contribution in [1.29, 1.82) is 0 Å². The van der Waals surface area contributed by atoms with Crippen LogP contribution in [0.4, 0.5) is 0 Å². The summed E-state index contributed by atoms with van der Waals surface area (Å²) in [6.07, 6.45) is 21.3. The van der Waals surface area contributed by atoms with Gasteiger partial charge < -0.3 is 8.85 Å². The van der Waals surface area contributed by atoms with Gasteiger partial charge in [-0.25, -0.2) is 0 Å². The third kappa shape index (κ3) is 6.72. The molecule has 0 radical (unpaired) electrons. The van der Waals surface area contributed by atoms with E-state index in [9.17, 15) is 0 Å². The van der Waals surface area contributed by atoms with Crippen LogP contribution >= 0.6 is 0 Å². The second-order valence-corrected chi connectivity index (χ2v) is 9.72. The molecule has 0 aromatic carbocycles. The lowest BCUT2D eigenvalue weighted by Gasteiger charge is -2.38. The Morgan fingerprint density at radius 1 is 0.870 bits per heavy atom. The molecule has 0 amide bonds. The van der Waals surface area contributed by atoms with Crippen LogP contribution in [0.2, 0.25) is 0 Å². The Labute approximate surface area is 145 Å². The molecule has 0 spiro atoms. The van der Waals surface area contributed by atoms with Crippen molar-refractivity contribution >= 4 is 9.28 Å². The van der Waals surface area contributed by atoms with Gasteiger partial charge in [0.1, 0.15) is 0 Å². The first kappa shape index (κ1) is 19.2. The number of hydrogen-bond acceptors (Lipinski definition) is 2. The number of rotatable bonds is 9. The standard InChI is InChI=1S/C20H38O2Si/c1-21-23(22-2)17-11-5-10-16-20(18-12-6-3-7-13-18)19-14-8-4-9-15-19/h11,17-20,23H,3-10,12-16H2,1-2H3. The third-order valence-corrected chi connectivity index (χ3v) is 7.69. The van der Waals surface area contributed by atoms with Crippen molar-refractivity contribution < 1.29 is 8.85 Å². The highest BCUT2D eigenvalue weighted by Crippen LogP contribution is 2.42. The monoisotopic (exact) mass is 338 g/mol. The molecular formula is C20H38O2Si. The van der Waals surface area contributed by atoms with Crippen molar-refractivity contribution in [3.8, 4) is 0 Å². The largest absolute Gasteiger partial charge is 0.397 e. The Morgan fingerprint density at radius 2 is 1.39 bits per heavy atom. The Bertz CT molecular complexity index is 298. The molecule has 2 aliphatic rings. The average Bonchev–Trinajstić information content (AvgIpc) is 2.63. The molecule has 2 saturated carbocycles. The predicted molar refractivity (Wildman–Crippen MR) is 101 cm³/mol. The normalized spacial score (nSPS) is 21.7. The predicted octanol–water partition coefficient (Wildman–Crippen LogP) is 5.54. The highest BCUT2D eigenvalue weighted by molar-refractivity contribution is 6.50. The maximum atomic E-state index is 5.35. The Morgan fingerprint density at radius 3 is 1.87 bits per heavy atom. The van der Waals surface area contributed by atoms with E-state index in [1.165, 1.54) is 83.5 Å². The molecule has 23 heavy (non-hydrogen) atoms. The molecule has 0 aliphatic heterocycles. The van der Waals surface area contributed by atoms with E-state index >= 15 is 0 Å². The molecule has 0 aromatic heterocycles. The van der Waals surface area contributed by atoms with Crippen LogP contribution in [0.1, 0.15) is 83.5 Å². The van der Waals surface area contributed by atoms with Gasteiger partial charge in [-0.05, 0) is 42.7 Å². The van der Waals surface area contributed by atoms with Crippen LogP contribution < -0.4 is 0 Å². The van der Waals surface area contributed by atoms with Crippen LogP contribution in [0.15, 0.2) is 11.8 Å². The van der Waals surface area contributed by atoms with Gasteiger partial charge in [0.15, 0.2) is 0 Å². The molecular weight excluding hydrogens is 300 g/mol. The van der Waals surface area contributed by atoms with E-state index in [0.717, 1.165) is 17.8 Å². The Kier molecular flexibility index (Phi) is 9.55. The van der Waals surface area contributed by atoms with Crippen molar-refractivity contribution in [3.63, 3.8) is 0 Å². The summed E-state index contributed by atoms with van der Waals surface area (Å²) in [5, 5.41) is 0. The molecule has 0 N–H and O–H groups in total. The van der Waals surface area contributed by atoms with Crippen LogP contribution in [0.3, 0.4) is 0 Å². The lowest BCUT2D eigenvalue weighted by molar-refractivity contribution is 0.133. The van der Waals surface area contributed by atoms with Gasteiger partial charge in [-0.2, -0.15) is 0 Å². The van der Waals surface area contributed by atoms with Gasteiger partial charge in [0.05, 0.1) is 0 Å². The Balaban J connectivity index is 1.79. The van der Waals surface area contributed by atoms with E-state index in [-0.39, 0.29) is 0 Å². The lowest BCUT2D eigenvalue weighted by atomic mass is 9.68. The summed E-state index contributed by atoms with van der Waals surface area (Å²) in [5.41, 5.74) is 2.19. The summed E-state index contributed by atoms with van der Waals surface area (Å²) in [5.74, 6) is 3.09. The van der Waals surface area contributed by atoms with Gasteiger partial charge in [0.2, 0.25) is 0 Å². The van der Waals surface area contributed by atoms with Crippen LogP contribution in [0, 0.1) is 17.8 Å². The lowest BCUT2D eigenvalue weighted by Crippen LogP contribution is -2.27. The first-order chi connectivity index (χ1) is 11.3. The first-order valence-electron chi connectivity index (χ1n) is 10.1. The second-order valence-electron chi connectivity index (χ2n) is 7.66. The van der Waals surface area contributed by atoms with Crippen LogP contribution in [0.5, 0.6) is 0 Å². The minimum atomic E-state index is -1.50. The summed E-state index contributed by atoms with van der Waals surface area (Å²) in [6.45, 7) is 0. The molecule has 2 aliphatic carbocycles. The van der Waals surface area contributed by atoms with E-state index in [0.29, 0.717) is 0 Å². The molecule has 134 valence electrons. The molecule has 0 unspecified atom stereocenters. The van der Waals surface area contributed by atoms with Gasteiger partial charge in [-0.15, -0.1) is 0 Å². The maximum absolute atomic E-state index is 5.35. The van der Waals surface area contributed by atoms with Crippen LogP contribution in [0.25, 0.3) is 0 Å². The van der Waals surface area contributed by atoms with Crippen LogP contribution in [-0.2, 0) is 8.85 Å². The highest BCUT2D eigenvalue weighted by Gasteiger charge is 2.30. The summed E-state index contributed by atoms with van der Waals surface area (Å²) in [7, 11) is 2.02. The van der Waals surface area contributed by atoms with Crippen molar-refractivity contribution in [3.05, 3.63) is 11.8 Å². The zero-order chi connectivity index (χ0) is 16.3. The zero-order valence-electron chi connectivity index (χ0n) is 15.5. The summed E-state index contributed by atoms with van der Waals surface area (Å²) in [6, 6.07) is 0. The molecule has 0 bridgehead atoms. The molecule has 0 saturated heterocycles. The van der Waals surface area contributed by atoms with Gasteiger partial charge >= 0.3 is 9.28 Å². The van der Waals surface area contributed by atoms with Crippen molar-refractivity contribution in [1.82, 2.24) is 0 Å². The van der Waals surface area contributed by atoms with Gasteiger partial charge in [-0.1, -0.05) is 70.3 Å². The van der Waals surface area contributed by atoms with E-state index in [2.05, 4.69) is 11.8 Å².